The van der Waals surface area contributed by atoms with Crippen molar-refractivity contribution in [1.82, 2.24) is 4.98 Å². The van der Waals surface area contributed by atoms with Crippen molar-refractivity contribution in [2.24, 2.45) is 10.7 Å². The Balaban J connectivity index is 1.88. The first-order valence-corrected chi connectivity index (χ1v) is 9.09. The van der Waals surface area contributed by atoms with Gasteiger partial charge in [-0.25, -0.2) is 4.99 Å². The van der Waals surface area contributed by atoms with E-state index in [9.17, 15) is 4.79 Å². The lowest BCUT2D eigenvalue weighted by molar-refractivity contribution is 0.462. The van der Waals surface area contributed by atoms with E-state index in [1.165, 1.54) is 24.8 Å². The van der Waals surface area contributed by atoms with Gasteiger partial charge in [-0.1, -0.05) is 38.3 Å². The maximum atomic E-state index is 12.4. The minimum atomic E-state index is -0.216. The van der Waals surface area contributed by atoms with Crippen molar-refractivity contribution in [3.63, 3.8) is 0 Å². The molecule has 0 radical (unpaired) electrons. The molecular weight excluding hydrogens is 312 g/mol. The van der Waals surface area contributed by atoms with Crippen LogP contribution in [0.1, 0.15) is 50.2 Å². The number of aromatic nitrogens is 1. The van der Waals surface area contributed by atoms with Crippen LogP contribution >= 0.6 is 0 Å². The smallest absolute Gasteiger partial charge is 0.261 e. The number of hydrogen-bond donors (Lipinski definition) is 3. The molecule has 4 N–H and O–H groups in total. The van der Waals surface area contributed by atoms with Gasteiger partial charge >= 0.3 is 0 Å². The molecule has 1 saturated carbocycles. The molecule has 0 saturated heterocycles. The fourth-order valence-electron chi connectivity index (χ4n) is 3.32. The average molecular weight is 338 g/mol. The molecule has 1 fully saturated rings. The Morgan fingerprint density at radius 2 is 1.92 bits per heavy atom. The van der Waals surface area contributed by atoms with Crippen molar-refractivity contribution in [2.45, 2.75) is 51.5 Å². The van der Waals surface area contributed by atoms with Crippen LogP contribution in [-0.2, 0) is 6.42 Å². The van der Waals surface area contributed by atoms with E-state index in [0.29, 0.717) is 11.6 Å². The second-order valence-corrected chi connectivity index (χ2v) is 6.59. The van der Waals surface area contributed by atoms with E-state index < -0.39 is 0 Å². The zero-order chi connectivity index (χ0) is 17.6. The first-order valence-electron chi connectivity index (χ1n) is 9.09. The summed E-state index contributed by atoms with van der Waals surface area (Å²) in [6.07, 6.45) is 8.63. The predicted molar refractivity (Wildman–Crippen MR) is 104 cm³/mol. The van der Waals surface area contributed by atoms with E-state index in [-0.39, 0.29) is 11.4 Å². The summed E-state index contributed by atoms with van der Waals surface area (Å²) in [6, 6.07) is 10.2. The molecule has 132 valence electrons. The molecule has 5 heteroatoms. The highest BCUT2D eigenvalue weighted by Gasteiger charge is 2.17. The van der Waals surface area contributed by atoms with Gasteiger partial charge in [-0.2, -0.15) is 0 Å². The molecule has 0 bridgehead atoms. The van der Waals surface area contributed by atoms with Crippen LogP contribution in [0.3, 0.4) is 0 Å². The van der Waals surface area contributed by atoms with Gasteiger partial charge in [0.05, 0.1) is 11.4 Å². The summed E-state index contributed by atoms with van der Waals surface area (Å²) in [7, 11) is 0. The third-order valence-electron chi connectivity index (χ3n) is 4.78. The van der Waals surface area contributed by atoms with Crippen LogP contribution in [-0.4, -0.2) is 16.9 Å². The van der Waals surface area contributed by atoms with Crippen LogP contribution < -0.4 is 16.6 Å². The van der Waals surface area contributed by atoms with Crippen LogP contribution in [0.5, 0.6) is 0 Å². The number of nitrogens with one attached hydrogen (secondary N) is 2. The lowest BCUT2D eigenvalue weighted by Crippen LogP contribution is -2.29. The number of hydrogen-bond acceptors (Lipinski definition) is 3. The van der Waals surface area contributed by atoms with Crippen LogP contribution in [0.2, 0.25) is 0 Å². The number of nitrogens with two attached hydrogens (primary N) is 1. The maximum absolute atomic E-state index is 12.4. The van der Waals surface area contributed by atoms with Crippen LogP contribution in [0, 0.1) is 0 Å². The number of rotatable bonds is 5. The lowest BCUT2D eigenvalue weighted by atomic mass is 9.95. The first-order chi connectivity index (χ1) is 12.2. The van der Waals surface area contributed by atoms with Gasteiger partial charge in [-0.3, -0.25) is 4.79 Å². The summed E-state index contributed by atoms with van der Waals surface area (Å²) in [5, 5.41) is 3.49. The summed E-state index contributed by atoms with van der Waals surface area (Å²) in [5.74, 6) is 0.240. The van der Waals surface area contributed by atoms with Gasteiger partial charge in [0.2, 0.25) is 0 Å². The molecule has 0 spiro atoms. The highest BCUT2D eigenvalue weighted by Crippen LogP contribution is 2.23. The van der Waals surface area contributed by atoms with Crippen molar-refractivity contribution in [3.05, 3.63) is 58.0 Å². The molecule has 0 unspecified atom stereocenters. The van der Waals surface area contributed by atoms with E-state index in [4.69, 9.17) is 5.73 Å². The Bertz CT molecular complexity index is 786. The fraction of sp³-hybridized carbons (Fsp3) is 0.400. The van der Waals surface area contributed by atoms with E-state index in [0.717, 1.165) is 30.6 Å². The normalized spacial score (nSPS) is 16.0. The number of aromatic amines is 1. The van der Waals surface area contributed by atoms with Crippen LogP contribution in [0.25, 0.3) is 0 Å². The van der Waals surface area contributed by atoms with Gasteiger partial charge in [0.25, 0.3) is 5.56 Å². The predicted octanol–water partition coefficient (Wildman–Crippen LogP) is 3.72. The van der Waals surface area contributed by atoms with Crippen molar-refractivity contribution < 1.29 is 0 Å². The van der Waals surface area contributed by atoms with Gasteiger partial charge in [0, 0.05) is 12.2 Å². The molecule has 1 aliphatic carbocycles. The van der Waals surface area contributed by atoms with Gasteiger partial charge in [-0.05, 0) is 43.0 Å². The molecule has 0 atom stereocenters. The van der Waals surface area contributed by atoms with E-state index >= 15 is 0 Å². The molecule has 1 heterocycles. The highest BCUT2D eigenvalue weighted by molar-refractivity contribution is 6.03. The number of anilines is 1. The van der Waals surface area contributed by atoms with Crippen LogP contribution in [0.15, 0.2) is 46.3 Å². The Morgan fingerprint density at radius 3 is 2.60 bits per heavy atom. The summed E-state index contributed by atoms with van der Waals surface area (Å²) >= 11 is 0. The molecule has 0 amide bonds. The SMILES string of the molecule is CCc1ccc(N=C(N)c2c(NC3CCCCC3)cc[nH]c2=O)cc1. The zero-order valence-electron chi connectivity index (χ0n) is 14.7. The molecule has 0 aliphatic heterocycles. The maximum Gasteiger partial charge on any atom is 0.261 e. The summed E-state index contributed by atoms with van der Waals surface area (Å²) in [6.45, 7) is 2.11. The van der Waals surface area contributed by atoms with Gasteiger partial charge in [0.15, 0.2) is 0 Å². The van der Waals surface area contributed by atoms with Crippen molar-refractivity contribution >= 4 is 17.2 Å². The molecule has 1 aromatic heterocycles. The third kappa shape index (κ3) is 4.29. The van der Waals surface area contributed by atoms with Crippen molar-refractivity contribution in [1.29, 1.82) is 0 Å². The quantitative estimate of drug-likeness (QED) is 0.574. The van der Waals surface area contributed by atoms with E-state index in [1.54, 1.807) is 6.20 Å². The van der Waals surface area contributed by atoms with Crippen molar-refractivity contribution in [2.75, 3.05) is 5.32 Å². The third-order valence-corrected chi connectivity index (χ3v) is 4.78. The Morgan fingerprint density at radius 1 is 1.20 bits per heavy atom. The summed E-state index contributed by atoms with van der Waals surface area (Å²) in [4.78, 5) is 19.5. The molecule has 5 nitrogen and oxygen atoms in total. The zero-order valence-corrected chi connectivity index (χ0v) is 14.7. The fourth-order valence-corrected chi connectivity index (χ4v) is 3.32. The number of benzene rings is 1. The minimum Gasteiger partial charge on any atom is -0.383 e. The lowest BCUT2D eigenvalue weighted by Gasteiger charge is -2.24. The van der Waals surface area contributed by atoms with Gasteiger partial charge in [0.1, 0.15) is 11.4 Å². The van der Waals surface area contributed by atoms with Crippen LogP contribution in [0.4, 0.5) is 11.4 Å². The van der Waals surface area contributed by atoms with E-state index in [1.807, 2.05) is 30.3 Å². The molecule has 2 aromatic rings. The average Bonchev–Trinajstić information content (AvgIpc) is 2.63. The largest absolute Gasteiger partial charge is 0.383 e. The Kier molecular flexibility index (Phi) is 5.53. The van der Waals surface area contributed by atoms with Gasteiger partial charge < -0.3 is 16.0 Å². The molecule has 25 heavy (non-hydrogen) atoms. The highest BCUT2D eigenvalue weighted by atomic mass is 16.1. The van der Waals surface area contributed by atoms with E-state index in [2.05, 4.69) is 22.2 Å². The molecule has 1 aromatic carbocycles. The number of aliphatic imine (C=N–C) groups is 1. The number of pyridine rings is 1. The van der Waals surface area contributed by atoms with Crippen molar-refractivity contribution in [3.8, 4) is 0 Å². The minimum absolute atomic E-state index is 0.216. The summed E-state index contributed by atoms with van der Waals surface area (Å²) in [5.41, 5.74) is 9.16. The molecular formula is C20H26N4O. The second-order valence-electron chi connectivity index (χ2n) is 6.59. The number of H-pyrrole nitrogens is 1. The molecule has 1 aliphatic rings. The topological polar surface area (TPSA) is 83.3 Å². The Labute approximate surface area is 148 Å². The monoisotopic (exact) mass is 338 g/mol. The second kappa shape index (κ2) is 8.01. The standard InChI is InChI=1S/C20H26N4O/c1-2-14-8-10-16(11-9-14)24-19(21)18-17(12-13-22-20(18)25)23-15-6-4-3-5-7-15/h8-13,15H,2-7H2,1H3,(H2,21,24)(H2,22,23,25). The number of amidine groups is 1. The molecule has 3 rings (SSSR count). The number of aryl methyl sites for hydroxylation is 1. The number of nitrogens with zero attached hydrogens (tertiary/aromatic N) is 1. The summed E-state index contributed by atoms with van der Waals surface area (Å²) < 4.78 is 0. The van der Waals surface area contributed by atoms with Gasteiger partial charge in [-0.15, -0.1) is 0 Å². The first kappa shape index (κ1) is 17.3. The Hall–Kier alpha value is -2.56.